The number of nitrogens with zero attached hydrogens (tertiary/aromatic N) is 2. The van der Waals surface area contributed by atoms with Gasteiger partial charge < -0.3 is 20.4 Å². The Morgan fingerprint density at radius 3 is 2.33 bits per heavy atom. The Bertz CT molecular complexity index is 1740. The van der Waals surface area contributed by atoms with Gasteiger partial charge in [-0.25, -0.2) is 4.79 Å². The van der Waals surface area contributed by atoms with E-state index in [0.29, 0.717) is 16.8 Å². The van der Waals surface area contributed by atoms with Crippen LogP contribution in [0.4, 0.5) is 18.9 Å². The summed E-state index contributed by atoms with van der Waals surface area (Å²) in [6, 6.07) is 21.3. The van der Waals surface area contributed by atoms with Crippen molar-refractivity contribution < 1.29 is 27.5 Å². The summed E-state index contributed by atoms with van der Waals surface area (Å²) in [6.45, 7) is -0.523. The summed E-state index contributed by atoms with van der Waals surface area (Å²) in [6.07, 6.45) is -5.10. The first kappa shape index (κ1) is 29.3. The molecule has 0 saturated carbocycles. The molecule has 214 valence electrons. The van der Waals surface area contributed by atoms with Crippen molar-refractivity contribution in [3.05, 3.63) is 128 Å². The molecule has 10 nitrogen and oxygen atoms in total. The third-order valence-corrected chi connectivity index (χ3v) is 5.98. The molecule has 0 spiro atoms. The lowest BCUT2D eigenvalue weighted by atomic mass is 10.1. The fourth-order valence-electron chi connectivity index (χ4n) is 3.97. The molecule has 0 aliphatic rings. The summed E-state index contributed by atoms with van der Waals surface area (Å²) in [4.78, 5) is 52.7. The molecule has 0 saturated heterocycles. The van der Waals surface area contributed by atoms with E-state index in [-0.39, 0.29) is 29.8 Å². The highest BCUT2D eigenvalue weighted by atomic mass is 19.4. The Hall–Kier alpha value is -5.64. The van der Waals surface area contributed by atoms with Gasteiger partial charge in [-0.05, 0) is 29.3 Å². The van der Waals surface area contributed by atoms with Crippen LogP contribution >= 0.6 is 0 Å². The zero-order valence-electron chi connectivity index (χ0n) is 21.7. The molecule has 13 heteroatoms. The number of para-hydroxylation sites is 1. The highest BCUT2D eigenvalue weighted by molar-refractivity contribution is 6.05. The second-order valence-corrected chi connectivity index (χ2v) is 8.90. The maximum atomic E-state index is 13.2. The van der Waals surface area contributed by atoms with Crippen molar-refractivity contribution in [1.29, 1.82) is 5.26 Å². The maximum absolute atomic E-state index is 13.2. The fourth-order valence-corrected chi connectivity index (χ4v) is 3.97. The topological polar surface area (TPSA) is 146 Å². The van der Waals surface area contributed by atoms with Crippen molar-refractivity contribution in [2.75, 3.05) is 5.32 Å². The maximum Gasteiger partial charge on any atom is 0.573 e. The molecule has 4 aromatic rings. The molecule has 0 fully saturated rings. The minimum absolute atomic E-state index is 0.00503. The van der Waals surface area contributed by atoms with Gasteiger partial charge in [0.05, 0.1) is 19.0 Å². The lowest BCUT2D eigenvalue weighted by Gasteiger charge is -2.16. The number of halogens is 3. The number of amides is 2. The van der Waals surface area contributed by atoms with Crippen LogP contribution in [0.25, 0.3) is 0 Å². The number of carbonyl (C=O) groups is 2. The van der Waals surface area contributed by atoms with Gasteiger partial charge in [0, 0.05) is 29.4 Å². The van der Waals surface area contributed by atoms with E-state index in [9.17, 15) is 32.3 Å². The summed E-state index contributed by atoms with van der Waals surface area (Å²) >= 11 is 0. The summed E-state index contributed by atoms with van der Waals surface area (Å²) in [5.74, 6) is -2.42. The van der Waals surface area contributed by atoms with E-state index in [1.165, 1.54) is 6.07 Å². The zero-order valence-corrected chi connectivity index (χ0v) is 21.7. The highest BCUT2D eigenvalue weighted by Crippen LogP contribution is 2.28. The third-order valence-electron chi connectivity index (χ3n) is 5.98. The molecule has 0 aliphatic heterocycles. The Labute approximate surface area is 236 Å². The number of alkyl halides is 3. The second kappa shape index (κ2) is 12.7. The van der Waals surface area contributed by atoms with E-state index in [0.717, 1.165) is 22.8 Å². The Morgan fingerprint density at radius 2 is 1.64 bits per heavy atom. The summed E-state index contributed by atoms with van der Waals surface area (Å²) < 4.78 is 44.5. The van der Waals surface area contributed by atoms with E-state index < -0.39 is 41.7 Å². The zero-order chi connectivity index (χ0) is 30.3. The number of aromatic amines is 1. The Kier molecular flexibility index (Phi) is 8.87. The van der Waals surface area contributed by atoms with Crippen LogP contribution in [0, 0.1) is 11.3 Å². The van der Waals surface area contributed by atoms with Crippen LogP contribution in [-0.4, -0.2) is 27.7 Å². The standard InChI is InChI=1S/C29H22F3N5O5/c30-29(31,32)42-24-14-20(26(39)35-22-9-5-4-8-19(22)12-13-33)10-11-21(24)16-34-27(40)23-15-25(38)37(28(41)36-23)17-18-6-2-1-3-7-18/h1-11,14-15H,12,16-17H2,(H,34,40)(H,35,39)(H,36,41). The van der Waals surface area contributed by atoms with Gasteiger partial charge in [0.1, 0.15) is 11.4 Å². The first-order valence-electron chi connectivity index (χ1n) is 12.3. The van der Waals surface area contributed by atoms with Crippen molar-refractivity contribution >= 4 is 17.5 Å². The quantitative estimate of drug-likeness (QED) is 0.276. The number of benzene rings is 3. The molecule has 0 radical (unpaired) electrons. The number of nitrogens with one attached hydrogen (secondary N) is 3. The number of nitriles is 1. The van der Waals surface area contributed by atoms with Crippen molar-refractivity contribution in [3.63, 3.8) is 0 Å². The summed E-state index contributed by atoms with van der Waals surface area (Å²) in [5, 5.41) is 13.9. The largest absolute Gasteiger partial charge is 0.573 e. The van der Waals surface area contributed by atoms with Gasteiger partial charge in [-0.15, -0.1) is 13.2 Å². The van der Waals surface area contributed by atoms with E-state index in [1.807, 2.05) is 6.07 Å². The van der Waals surface area contributed by atoms with Gasteiger partial charge in [0.2, 0.25) is 0 Å². The van der Waals surface area contributed by atoms with Crippen molar-refractivity contribution in [3.8, 4) is 11.8 Å². The molecule has 1 aromatic heterocycles. The van der Waals surface area contributed by atoms with Crippen LogP contribution in [0.5, 0.6) is 5.75 Å². The monoisotopic (exact) mass is 577 g/mol. The van der Waals surface area contributed by atoms with Gasteiger partial charge in [-0.2, -0.15) is 5.26 Å². The van der Waals surface area contributed by atoms with E-state index in [4.69, 9.17) is 5.26 Å². The van der Waals surface area contributed by atoms with Gasteiger partial charge in [-0.3, -0.25) is 19.0 Å². The van der Waals surface area contributed by atoms with Crippen molar-refractivity contribution in [2.45, 2.75) is 25.9 Å². The predicted octanol–water partition coefficient (Wildman–Crippen LogP) is 3.73. The van der Waals surface area contributed by atoms with E-state index in [1.54, 1.807) is 54.6 Å². The van der Waals surface area contributed by atoms with Crippen LogP contribution in [0.1, 0.15) is 37.5 Å². The van der Waals surface area contributed by atoms with Crippen molar-refractivity contribution in [1.82, 2.24) is 14.9 Å². The van der Waals surface area contributed by atoms with E-state index in [2.05, 4.69) is 20.4 Å². The van der Waals surface area contributed by atoms with Gasteiger partial charge in [-0.1, -0.05) is 54.6 Å². The molecule has 4 rings (SSSR count). The Morgan fingerprint density at radius 1 is 0.929 bits per heavy atom. The molecule has 0 unspecified atom stereocenters. The molecule has 1 heterocycles. The minimum Gasteiger partial charge on any atom is -0.405 e. The normalized spacial score (nSPS) is 10.9. The number of rotatable bonds is 9. The number of hydrogen-bond donors (Lipinski definition) is 3. The third kappa shape index (κ3) is 7.51. The van der Waals surface area contributed by atoms with Crippen molar-refractivity contribution in [2.24, 2.45) is 0 Å². The van der Waals surface area contributed by atoms with Crippen LogP contribution in [-0.2, 0) is 19.5 Å². The van der Waals surface area contributed by atoms with Crippen LogP contribution in [0.3, 0.4) is 0 Å². The number of carbonyl (C=O) groups excluding carboxylic acids is 2. The van der Waals surface area contributed by atoms with Crippen LogP contribution in [0.2, 0.25) is 0 Å². The molecule has 0 atom stereocenters. The summed E-state index contributed by atoms with van der Waals surface area (Å²) in [7, 11) is 0. The SMILES string of the molecule is N#CCc1ccccc1NC(=O)c1ccc(CNC(=O)c2cc(=O)n(Cc3ccccc3)c(=O)[nH]2)c(OC(F)(F)F)c1. The predicted molar refractivity (Wildman–Crippen MR) is 145 cm³/mol. The highest BCUT2D eigenvalue weighted by Gasteiger charge is 2.32. The molecule has 3 aromatic carbocycles. The van der Waals surface area contributed by atoms with Gasteiger partial charge in [0.25, 0.3) is 17.4 Å². The molecule has 0 bridgehead atoms. The number of H-pyrrole nitrogens is 1. The lowest BCUT2D eigenvalue weighted by molar-refractivity contribution is -0.274. The minimum atomic E-state index is -5.11. The molecule has 2 amide bonds. The van der Waals surface area contributed by atoms with Crippen LogP contribution in [0.15, 0.2) is 88.5 Å². The average molecular weight is 578 g/mol. The van der Waals surface area contributed by atoms with Crippen LogP contribution < -0.4 is 26.6 Å². The second-order valence-electron chi connectivity index (χ2n) is 8.90. The average Bonchev–Trinajstić information content (AvgIpc) is 2.95. The van der Waals surface area contributed by atoms with Gasteiger partial charge >= 0.3 is 12.1 Å². The first-order valence-corrected chi connectivity index (χ1v) is 12.3. The Balaban J connectivity index is 1.52. The number of anilines is 1. The summed E-state index contributed by atoms with van der Waals surface area (Å²) in [5.41, 5.74) is -0.777. The fraction of sp³-hybridized carbons (Fsp3) is 0.138. The molecule has 42 heavy (non-hydrogen) atoms. The van der Waals surface area contributed by atoms with Gasteiger partial charge in [0.15, 0.2) is 0 Å². The number of ether oxygens (including phenoxy) is 1. The molecular formula is C29H22F3N5O5. The molecule has 3 N–H and O–H groups in total. The first-order chi connectivity index (χ1) is 20.0. The number of hydrogen-bond acceptors (Lipinski definition) is 6. The van der Waals surface area contributed by atoms with E-state index >= 15 is 0 Å². The smallest absolute Gasteiger partial charge is 0.405 e. The molecule has 0 aliphatic carbocycles. The molecular weight excluding hydrogens is 555 g/mol. The number of aromatic nitrogens is 2. The lowest BCUT2D eigenvalue weighted by Crippen LogP contribution is -2.38.